The van der Waals surface area contributed by atoms with Crippen molar-refractivity contribution in [2.24, 2.45) is 0 Å². The molecule has 0 unspecified atom stereocenters. The number of amides is 1. The molecule has 1 aromatic heterocycles. The summed E-state index contributed by atoms with van der Waals surface area (Å²) in [4.78, 5) is 14.1. The summed E-state index contributed by atoms with van der Waals surface area (Å²) in [6, 6.07) is 1.33. The molecule has 1 saturated heterocycles. The van der Waals surface area contributed by atoms with Crippen LogP contribution in [0.1, 0.15) is 33.7 Å². The molecule has 0 spiro atoms. The lowest BCUT2D eigenvalue weighted by atomic mass is 10.1. The minimum atomic E-state index is -0.898. The molecular formula is C15H15F2N3O3. The maximum atomic E-state index is 14.0. The Balaban J connectivity index is 1.94. The molecule has 23 heavy (non-hydrogen) atoms. The SMILES string of the molecule is Cc1nnc([C@@H]2COCCN2C(=O)c2cc(C)c(F)cc2F)o1. The average Bonchev–Trinajstić information content (AvgIpc) is 2.96. The van der Waals surface area contributed by atoms with Crippen LogP contribution >= 0.6 is 0 Å². The van der Waals surface area contributed by atoms with E-state index < -0.39 is 23.6 Å². The zero-order chi connectivity index (χ0) is 16.6. The molecule has 2 aromatic rings. The second-order valence-corrected chi connectivity index (χ2v) is 5.33. The Morgan fingerprint density at radius 2 is 2.04 bits per heavy atom. The first-order chi connectivity index (χ1) is 11.0. The summed E-state index contributed by atoms with van der Waals surface area (Å²) < 4.78 is 38.1. The molecule has 3 rings (SSSR count). The number of halogens is 2. The second-order valence-electron chi connectivity index (χ2n) is 5.33. The van der Waals surface area contributed by atoms with E-state index in [0.717, 1.165) is 6.07 Å². The highest BCUT2D eigenvalue weighted by molar-refractivity contribution is 5.95. The summed E-state index contributed by atoms with van der Waals surface area (Å²) in [7, 11) is 0. The quantitative estimate of drug-likeness (QED) is 0.847. The molecule has 1 atom stereocenters. The number of hydrogen-bond acceptors (Lipinski definition) is 5. The van der Waals surface area contributed by atoms with Crippen LogP contribution in [-0.4, -0.2) is 40.8 Å². The Morgan fingerprint density at radius 3 is 2.74 bits per heavy atom. The molecule has 8 heteroatoms. The number of carbonyl (C=O) groups excluding carboxylic acids is 1. The van der Waals surface area contributed by atoms with Gasteiger partial charge in [0.15, 0.2) is 0 Å². The highest BCUT2D eigenvalue weighted by Crippen LogP contribution is 2.26. The van der Waals surface area contributed by atoms with E-state index >= 15 is 0 Å². The van der Waals surface area contributed by atoms with Gasteiger partial charge in [-0.1, -0.05) is 0 Å². The van der Waals surface area contributed by atoms with Crippen LogP contribution in [0.2, 0.25) is 0 Å². The predicted octanol–water partition coefficient (Wildman–Crippen LogP) is 2.18. The molecule has 0 N–H and O–H groups in total. The van der Waals surface area contributed by atoms with E-state index in [0.29, 0.717) is 12.5 Å². The molecule has 1 aromatic carbocycles. The molecular weight excluding hydrogens is 308 g/mol. The lowest BCUT2D eigenvalue weighted by Crippen LogP contribution is -2.43. The fourth-order valence-corrected chi connectivity index (χ4v) is 2.47. The Kier molecular flexibility index (Phi) is 4.08. The third kappa shape index (κ3) is 2.94. The molecule has 0 radical (unpaired) electrons. The van der Waals surface area contributed by atoms with Gasteiger partial charge in [-0.3, -0.25) is 4.79 Å². The van der Waals surface area contributed by atoms with Crippen LogP contribution in [0.25, 0.3) is 0 Å². The average molecular weight is 323 g/mol. The van der Waals surface area contributed by atoms with E-state index in [1.807, 2.05) is 0 Å². The first-order valence-corrected chi connectivity index (χ1v) is 7.11. The minimum Gasteiger partial charge on any atom is -0.423 e. The molecule has 1 amide bonds. The lowest BCUT2D eigenvalue weighted by molar-refractivity contribution is -0.0108. The van der Waals surface area contributed by atoms with E-state index in [1.54, 1.807) is 6.92 Å². The van der Waals surface area contributed by atoms with Gasteiger partial charge in [0.2, 0.25) is 11.8 Å². The smallest absolute Gasteiger partial charge is 0.257 e. The van der Waals surface area contributed by atoms with Gasteiger partial charge >= 0.3 is 0 Å². The maximum Gasteiger partial charge on any atom is 0.257 e. The number of ether oxygens (including phenoxy) is 1. The van der Waals surface area contributed by atoms with Gasteiger partial charge in [-0.05, 0) is 18.6 Å². The van der Waals surface area contributed by atoms with Crippen molar-refractivity contribution in [3.8, 4) is 0 Å². The number of carbonyl (C=O) groups is 1. The van der Waals surface area contributed by atoms with Gasteiger partial charge in [-0.25, -0.2) is 8.78 Å². The number of benzene rings is 1. The summed E-state index contributed by atoms with van der Waals surface area (Å²) in [6.07, 6.45) is 0. The summed E-state index contributed by atoms with van der Waals surface area (Å²) in [6.45, 7) is 3.85. The van der Waals surface area contributed by atoms with E-state index in [1.165, 1.54) is 17.9 Å². The van der Waals surface area contributed by atoms with Crippen molar-refractivity contribution in [3.63, 3.8) is 0 Å². The monoisotopic (exact) mass is 323 g/mol. The summed E-state index contributed by atoms with van der Waals surface area (Å²) >= 11 is 0. The van der Waals surface area contributed by atoms with Crippen LogP contribution < -0.4 is 0 Å². The largest absolute Gasteiger partial charge is 0.423 e. The van der Waals surface area contributed by atoms with Crippen molar-refractivity contribution < 1.29 is 22.7 Å². The summed E-state index contributed by atoms with van der Waals surface area (Å²) in [5, 5.41) is 7.64. The van der Waals surface area contributed by atoms with E-state index in [2.05, 4.69) is 10.2 Å². The molecule has 0 bridgehead atoms. The van der Waals surface area contributed by atoms with E-state index in [4.69, 9.17) is 9.15 Å². The molecule has 1 aliphatic rings. The predicted molar refractivity (Wildman–Crippen MR) is 74.7 cm³/mol. The first-order valence-electron chi connectivity index (χ1n) is 7.11. The number of nitrogens with zero attached hydrogens (tertiary/aromatic N) is 3. The molecule has 122 valence electrons. The summed E-state index contributed by atoms with van der Waals surface area (Å²) in [5.41, 5.74) is 0.0141. The zero-order valence-electron chi connectivity index (χ0n) is 12.7. The van der Waals surface area contributed by atoms with Gasteiger partial charge < -0.3 is 14.1 Å². The lowest BCUT2D eigenvalue weighted by Gasteiger charge is -2.33. The van der Waals surface area contributed by atoms with Crippen molar-refractivity contribution in [1.29, 1.82) is 0 Å². The Morgan fingerprint density at radius 1 is 1.26 bits per heavy atom. The number of morpholine rings is 1. The fourth-order valence-electron chi connectivity index (χ4n) is 2.47. The van der Waals surface area contributed by atoms with Crippen LogP contribution in [0.4, 0.5) is 8.78 Å². The Labute approximate surface area is 131 Å². The number of rotatable bonds is 2. The van der Waals surface area contributed by atoms with Crippen molar-refractivity contribution in [2.75, 3.05) is 19.8 Å². The molecule has 0 aliphatic carbocycles. The molecule has 2 heterocycles. The first kappa shape index (κ1) is 15.5. The third-order valence-electron chi connectivity index (χ3n) is 3.69. The molecule has 1 aliphatic heterocycles. The number of aromatic nitrogens is 2. The maximum absolute atomic E-state index is 14.0. The zero-order valence-corrected chi connectivity index (χ0v) is 12.7. The van der Waals surface area contributed by atoms with Crippen molar-refractivity contribution in [1.82, 2.24) is 15.1 Å². The van der Waals surface area contributed by atoms with Crippen LogP contribution in [0, 0.1) is 25.5 Å². The number of hydrogen-bond donors (Lipinski definition) is 0. The molecule has 1 fully saturated rings. The standard InChI is InChI=1S/C15H15F2N3O3/c1-8-5-10(12(17)6-11(8)16)15(21)20-3-4-22-7-13(20)14-19-18-9(2)23-14/h5-6,13H,3-4,7H2,1-2H3/t13-/m0/s1. The van der Waals surface area contributed by atoms with Gasteiger partial charge in [0.1, 0.15) is 17.7 Å². The summed E-state index contributed by atoms with van der Waals surface area (Å²) in [5.74, 6) is -1.55. The van der Waals surface area contributed by atoms with E-state index in [9.17, 15) is 13.6 Å². The van der Waals surface area contributed by atoms with Gasteiger partial charge in [0.25, 0.3) is 5.91 Å². The van der Waals surface area contributed by atoms with Crippen LogP contribution in [0.5, 0.6) is 0 Å². The van der Waals surface area contributed by atoms with Crippen molar-refractivity contribution >= 4 is 5.91 Å². The van der Waals surface area contributed by atoms with Crippen molar-refractivity contribution in [2.45, 2.75) is 19.9 Å². The fraction of sp³-hybridized carbons (Fsp3) is 0.400. The minimum absolute atomic E-state index is 0.176. The Hall–Kier alpha value is -2.35. The van der Waals surface area contributed by atoms with E-state index in [-0.39, 0.29) is 30.2 Å². The normalized spacial score (nSPS) is 18.3. The third-order valence-corrected chi connectivity index (χ3v) is 3.69. The number of aryl methyl sites for hydroxylation is 2. The molecule has 6 nitrogen and oxygen atoms in total. The van der Waals surface area contributed by atoms with Gasteiger partial charge in [-0.2, -0.15) is 0 Å². The highest BCUT2D eigenvalue weighted by atomic mass is 19.1. The van der Waals surface area contributed by atoms with Crippen LogP contribution in [0.15, 0.2) is 16.5 Å². The topological polar surface area (TPSA) is 68.5 Å². The van der Waals surface area contributed by atoms with Gasteiger partial charge in [0, 0.05) is 19.5 Å². The van der Waals surface area contributed by atoms with Crippen LogP contribution in [-0.2, 0) is 4.74 Å². The second kappa shape index (κ2) is 6.04. The van der Waals surface area contributed by atoms with Crippen LogP contribution in [0.3, 0.4) is 0 Å². The Bertz CT molecular complexity index is 748. The van der Waals surface area contributed by atoms with Crippen molar-refractivity contribution in [3.05, 3.63) is 46.7 Å². The highest BCUT2D eigenvalue weighted by Gasteiger charge is 2.34. The van der Waals surface area contributed by atoms with Gasteiger partial charge in [0.05, 0.1) is 18.8 Å². The van der Waals surface area contributed by atoms with Gasteiger partial charge in [-0.15, -0.1) is 10.2 Å². The molecule has 0 saturated carbocycles.